The Kier molecular flexibility index (Phi) is 4.72. The van der Waals surface area contributed by atoms with Gasteiger partial charge < -0.3 is 5.32 Å². The molecule has 0 aliphatic carbocycles. The largest absolute Gasteiger partial charge is 0.315 e. The molecule has 2 aromatic carbocycles. The fourth-order valence-electron chi connectivity index (χ4n) is 2.72. The van der Waals surface area contributed by atoms with E-state index in [9.17, 15) is 14.9 Å². The number of hydrogen-bond acceptors (Lipinski definition) is 5. The van der Waals surface area contributed by atoms with Crippen LogP contribution in [0.5, 0.6) is 0 Å². The first-order chi connectivity index (χ1) is 12.8. The van der Waals surface area contributed by atoms with Crippen LogP contribution < -0.4 is 5.32 Å². The highest BCUT2D eigenvalue weighted by Crippen LogP contribution is 2.26. The Bertz CT molecular complexity index is 1060. The minimum atomic E-state index is -0.547. The monoisotopic (exact) mass is 365 g/mol. The van der Waals surface area contributed by atoms with Crippen molar-refractivity contribution >= 4 is 17.3 Å². The molecule has 0 unspecified atom stereocenters. The number of carbonyl (C=O) groups excluding carboxylic acids is 1. The zero-order chi connectivity index (χ0) is 19.7. The molecule has 27 heavy (non-hydrogen) atoms. The normalized spacial score (nSPS) is 10.7. The molecule has 138 valence electrons. The molecule has 0 saturated carbocycles. The number of hydrogen-bond donors (Lipinski definition) is 1. The summed E-state index contributed by atoms with van der Waals surface area (Å²) in [7, 11) is 0. The van der Waals surface area contributed by atoms with Gasteiger partial charge in [-0.25, -0.2) is 4.68 Å². The van der Waals surface area contributed by atoms with Crippen molar-refractivity contribution in [3.05, 3.63) is 74.6 Å². The number of nitro groups is 1. The second-order valence-electron chi connectivity index (χ2n) is 6.44. The van der Waals surface area contributed by atoms with E-state index >= 15 is 0 Å². The van der Waals surface area contributed by atoms with E-state index in [0.717, 1.165) is 22.4 Å². The fourth-order valence-corrected chi connectivity index (χ4v) is 2.72. The van der Waals surface area contributed by atoms with Gasteiger partial charge >= 0.3 is 0 Å². The van der Waals surface area contributed by atoms with Crippen LogP contribution in [-0.2, 0) is 0 Å². The third-order valence-corrected chi connectivity index (χ3v) is 4.44. The molecule has 8 nitrogen and oxygen atoms in total. The van der Waals surface area contributed by atoms with Gasteiger partial charge in [0.1, 0.15) is 5.69 Å². The molecular formula is C19H19N5O3. The number of benzene rings is 2. The Morgan fingerprint density at radius 1 is 1.07 bits per heavy atom. The lowest BCUT2D eigenvalue weighted by Crippen LogP contribution is -2.15. The number of amides is 1. The van der Waals surface area contributed by atoms with E-state index in [4.69, 9.17) is 0 Å². The molecule has 1 N–H and O–H groups in total. The Hall–Kier alpha value is -3.55. The quantitative estimate of drug-likeness (QED) is 0.561. The van der Waals surface area contributed by atoms with Crippen LogP contribution in [0.3, 0.4) is 0 Å². The predicted molar refractivity (Wildman–Crippen MR) is 101 cm³/mol. The summed E-state index contributed by atoms with van der Waals surface area (Å²) in [4.78, 5) is 23.3. The third kappa shape index (κ3) is 3.55. The minimum Gasteiger partial charge on any atom is -0.315 e. The predicted octanol–water partition coefficient (Wildman–Crippen LogP) is 3.66. The Balaban J connectivity index is 1.92. The second-order valence-corrected chi connectivity index (χ2v) is 6.44. The molecule has 0 fully saturated rings. The topological polar surface area (TPSA) is 103 Å². The first kappa shape index (κ1) is 18.2. The molecule has 1 aromatic heterocycles. The van der Waals surface area contributed by atoms with Gasteiger partial charge in [-0.15, -0.1) is 5.10 Å². The van der Waals surface area contributed by atoms with Crippen molar-refractivity contribution in [1.29, 1.82) is 0 Å². The smallest absolute Gasteiger partial charge is 0.293 e. The van der Waals surface area contributed by atoms with Crippen LogP contribution in [0.4, 0.5) is 11.4 Å². The molecule has 1 amide bonds. The summed E-state index contributed by atoms with van der Waals surface area (Å²) in [5.41, 5.74) is 4.40. The van der Waals surface area contributed by atoms with E-state index in [0.29, 0.717) is 5.69 Å². The van der Waals surface area contributed by atoms with E-state index in [1.54, 1.807) is 24.6 Å². The summed E-state index contributed by atoms with van der Waals surface area (Å²) >= 11 is 0. The number of nitrogens with zero attached hydrogens (tertiary/aromatic N) is 4. The second kappa shape index (κ2) is 6.99. The van der Waals surface area contributed by atoms with Crippen molar-refractivity contribution in [3.63, 3.8) is 0 Å². The first-order valence-corrected chi connectivity index (χ1v) is 8.34. The molecule has 0 aliphatic rings. The van der Waals surface area contributed by atoms with E-state index in [1.165, 1.54) is 12.1 Å². The van der Waals surface area contributed by atoms with Crippen LogP contribution in [0.15, 0.2) is 36.4 Å². The fraction of sp³-hybridized carbons (Fsp3) is 0.211. The molecule has 0 aliphatic heterocycles. The first-order valence-electron chi connectivity index (χ1n) is 8.34. The molecule has 3 rings (SSSR count). The van der Waals surface area contributed by atoms with Gasteiger partial charge in [-0.05, 0) is 62.6 Å². The number of anilines is 1. The van der Waals surface area contributed by atoms with Gasteiger partial charge in [-0.2, -0.15) is 0 Å². The lowest BCUT2D eigenvalue weighted by molar-refractivity contribution is -0.384. The lowest BCUT2D eigenvalue weighted by Gasteiger charge is -2.08. The van der Waals surface area contributed by atoms with Crippen LogP contribution in [0.25, 0.3) is 5.69 Å². The zero-order valence-electron chi connectivity index (χ0n) is 15.5. The third-order valence-electron chi connectivity index (χ3n) is 4.44. The molecule has 0 radical (unpaired) electrons. The standard InChI is InChI=1S/C19H19N5O3/c1-11-5-8-16(17(9-11)24(26)27)20-19(25)18-14(4)23(22-21-18)15-7-6-12(2)13(3)10-15/h5-10H,1-4H3,(H,20,25). The van der Waals surface area contributed by atoms with Crippen LogP contribution in [-0.4, -0.2) is 25.8 Å². The van der Waals surface area contributed by atoms with Crippen LogP contribution in [0, 0.1) is 37.8 Å². The molecule has 8 heteroatoms. The van der Waals surface area contributed by atoms with Crippen molar-refractivity contribution in [2.75, 3.05) is 5.32 Å². The van der Waals surface area contributed by atoms with Crippen LogP contribution >= 0.6 is 0 Å². The number of aromatic nitrogens is 3. The molecule has 0 bridgehead atoms. The maximum Gasteiger partial charge on any atom is 0.293 e. The number of rotatable bonds is 4. The van der Waals surface area contributed by atoms with Crippen LogP contribution in [0.1, 0.15) is 32.9 Å². The molecule has 0 saturated heterocycles. The summed E-state index contributed by atoms with van der Waals surface area (Å²) in [6.45, 7) is 7.49. The highest BCUT2D eigenvalue weighted by atomic mass is 16.6. The number of nitro benzene ring substituents is 1. The summed E-state index contributed by atoms with van der Waals surface area (Å²) < 4.78 is 1.57. The summed E-state index contributed by atoms with van der Waals surface area (Å²) in [6, 6.07) is 10.4. The average molecular weight is 365 g/mol. The lowest BCUT2D eigenvalue weighted by atomic mass is 10.1. The number of aryl methyl sites for hydroxylation is 3. The van der Waals surface area contributed by atoms with Gasteiger partial charge in [0.25, 0.3) is 11.6 Å². The number of carbonyl (C=O) groups is 1. The Labute approximate surface area is 156 Å². The van der Waals surface area contributed by atoms with E-state index in [1.807, 2.05) is 32.0 Å². The van der Waals surface area contributed by atoms with Gasteiger partial charge in [-0.3, -0.25) is 14.9 Å². The number of nitrogens with one attached hydrogen (secondary N) is 1. The van der Waals surface area contributed by atoms with Crippen molar-refractivity contribution in [2.45, 2.75) is 27.7 Å². The molecular weight excluding hydrogens is 346 g/mol. The van der Waals surface area contributed by atoms with E-state index in [2.05, 4.69) is 15.6 Å². The summed E-state index contributed by atoms with van der Waals surface area (Å²) in [5.74, 6) is -0.547. The van der Waals surface area contributed by atoms with E-state index < -0.39 is 10.8 Å². The summed E-state index contributed by atoms with van der Waals surface area (Å²) in [6.07, 6.45) is 0. The van der Waals surface area contributed by atoms with Crippen molar-refractivity contribution < 1.29 is 9.72 Å². The van der Waals surface area contributed by atoms with Crippen molar-refractivity contribution in [2.24, 2.45) is 0 Å². The van der Waals surface area contributed by atoms with Gasteiger partial charge in [0.05, 0.1) is 16.3 Å². The van der Waals surface area contributed by atoms with E-state index in [-0.39, 0.29) is 17.1 Å². The highest BCUT2D eigenvalue weighted by molar-refractivity contribution is 6.04. The van der Waals surface area contributed by atoms with Gasteiger partial charge in [0, 0.05) is 6.07 Å². The van der Waals surface area contributed by atoms with Gasteiger partial charge in [0.15, 0.2) is 5.69 Å². The van der Waals surface area contributed by atoms with Crippen LogP contribution in [0.2, 0.25) is 0 Å². The molecule has 0 atom stereocenters. The maximum absolute atomic E-state index is 12.6. The van der Waals surface area contributed by atoms with Crippen molar-refractivity contribution in [3.8, 4) is 5.69 Å². The Morgan fingerprint density at radius 3 is 2.48 bits per heavy atom. The molecule has 1 heterocycles. The van der Waals surface area contributed by atoms with Gasteiger partial charge in [0.2, 0.25) is 0 Å². The zero-order valence-corrected chi connectivity index (χ0v) is 15.5. The minimum absolute atomic E-state index is 0.114. The van der Waals surface area contributed by atoms with Crippen molar-refractivity contribution in [1.82, 2.24) is 15.0 Å². The molecule has 3 aromatic rings. The summed E-state index contributed by atoms with van der Waals surface area (Å²) in [5, 5.41) is 21.8. The Morgan fingerprint density at radius 2 is 1.81 bits per heavy atom. The maximum atomic E-state index is 12.6. The van der Waals surface area contributed by atoms with Gasteiger partial charge in [-0.1, -0.05) is 17.3 Å². The SMILES string of the molecule is Cc1ccc(NC(=O)c2nnn(-c3ccc(C)c(C)c3)c2C)c([N+](=O)[O-])c1. The molecule has 0 spiro atoms. The average Bonchev–Trinajstić information content (AvgIpc) is 3.00. The highest BCUT2D eigenvalue weighted by Gasteiger charge is 2.21.